The predicted octanol–water partition coefficient (Wildman–Crippen LogP) is 3.39. The third-order valence-electron chi connectivity index (χ3n) is 2.81. The highest BCUT2D eigenvalue weighted by Crippen LogP contribution is 2.33. The fourth-order valence-corrected chi connectivity index (χ4v) is 1.46. The molecule has 0 spiro atoms. The van der Waals surface area contributed by atoms with E-state index in [1.807, 2.05) is 18.2 Å². The molecule has 15 heavy (non-hydrogen) atoms. The number of hydrogen-bond donors (Lipinski definition) is 0. The molecule has 0 unspecified atom stereocenters. The van der Waals surface area contributed by atoms with Crippen molar-refractivity contribution in [2.24, 2.45) is 0 Å². The highest BCUT2D eigenvalue weighted by Gasteiger charge is 2.21. The van der Waals surface area contributed by atoms with Crippen molar-refractivity contribution in [1.29, 1.82) is 0 Å². The first kappa shape index (κ1) is 11.7. The normalized spacial score (nSPS) is 10.8. The van der Waals surface area contributed by atoms with Gasteiger partial charge in [-0.05, 0) is 23.5 Å². The van der Waals surface area contributed by atoms with Gasteiger partial charge in [-0.3, -0.25) is 0 Å². The molecule has 0 aliphatic rings. The Hall–Kier alpha value is -1.42. The quantitative estimate of drug-likeness (QED) is 0.680. The zero-order valence-corrected chi connectivity index (χ0v) is 9.71. The van der Waals surface area contributed by atoms with E-state index >= 15 is 0 Å². The van der Waals surface area contributed by atoms with Crippen molar-refractivity contribution in [1.82, 2.24) is 0 Å². The van der Waals surface area contributed by atoms with Crippen LogP contribution in [0.4, 0.5) is 0 Å². The average Bonchev–Trinajstić information content (AvgIpc) is 2.26. The van der Waals surface area contributed by atoms with Crippen molar-refractivity contribution in [2.45, 2.75) is 32.6 Å². The number of hydrogen-bond acceptors (Lipinski definition) is 1. The lowest BCUT2D eigenvalue weighted by molar-refractivity contribution is 0.353. The lowest BCUT2D eigenvalue weighted by atomic mass is 9.82. The smallest absolute Gasteiger partial charge is 0.148 e. The fourth-order valence-electron chi connectivity index (χ4n) is 1.46. The highest BCUT2D eigenvalue weighted by atomic mass is 16.5. The van der Waals surface area contributed by atoms with Crippen molar-refractivity contribution in [3.05, 3.63) is 29.8 Å². The van der Waals surface area contributed by atoms with Crippen LogP contribution in [0.15, 0.2) is 24.3 Å². The first-order valence-corrected chi connectivity index (χ1v) is 5.27. The Morgan fingerprint density at radius 2 is 2.00 bits per heavy atom. The van der Waals surface area contributed by atoms with Gasteiger partial charge < -0.3 is 4.74 Å². The molecule has 1 rings (SSSR count). The summed E-state index contributed by atoms with van der Waals surface area (Å²) in [6.45, 7) is 6.94. The Bertz CT molecular complexity index is 358. The molecule has 1 nitrogen and oxygen atoms in total. The van der Waals surface area contributed by atoms with Crippen LogP contribution in [0.5, 0.6) is 5.75 Å². The van der Waals surface area contributed by atoms with E-state index in [1.54, 1.807) is 0 Å². The van der Waals surface area contributed by atoms with Gasteiger partial charge in [0.1, 0.15) is 12.4 Å². The molecule has 1 aromatic rings. The summed E-state index contributed by atoms with van der Waals surface area (Å²) < 4.78 is 5.54. The van der Waals surface area contributed by atoms with E-state index < -0.39 is 0 Å². The third kappa shape index (κ3) is 2.76. The number of benzene rings is 1. The molecule has 1 aromatic carbocycles. The van der Waals surface area contributed by atoms with E-state index in [1.165, 1.54) is 5.56 Å². The van der Waals surface area contributed by atoms with Crippen LogP contribution in [0.3, 0.4) is 0 Å². The molecular formula is C14H18O. The molecule has 0 aliphatic heterocycles. The van der Waals surface area contributed by atoms with Gasteiger partial charge in [-0.2, -0.15) is 0 Å². The summed E-state index contributed by atoms with van der Waals surface area (Å²) in [6.07, 6.45) is 6.27. The molecule has 0 aromatic heterocycles. The lowest BCUT2D eigenvalue weighted by Crippen LogP contribution is -2.17. The van der Waals surface area contributed by atoms with Gasteiger partial charge in [0.05, 0.1) is 0 Å². The summed E-state index contributed by atoms with van der Waals surface area (Å²) in [5.41, 5.74) is 1.35. The molecule has 0 amide bonds. The SMILES string of the molecule is C#CCOc1ccccc1C(C)(C)CC. The molecule has 1 heteroatoms. The summed E-state index contributed by atoms with van der Waals surface area (Å²) in [5.74, 6) is 3.40. The second kappa shape index (κ2) is 4.89. The van der Waals surface area contributed by atoms with E-state index in [4.69, 9.17) is 11.2 Å². The molecule has 0 bridgehead atoms. The Morgan fingerprint density at radius 3 is 2.60 bits per heavy atom. The van der Waals surface area contributed by atoms with Gasteiger partial charge in [0, 0.05) is 0 Å². The molecule has 0 saturated carbocycles. The van der Waals surface area contributed by atoms with Crippen LogP contribution in [0.1, 0.15) is 32.8 Å². The average molecular weight is 202 g/mol. The van der Waals surface area contributed by atoms with Gasteiger partial charge in [0.2, 0.25) is 0 Å². The van der Waals surface area contributed by atoms with Gasteiger partial charge in [-0.15, -0.1) is 6.42 Å². The van der Waals surface area contributed by atoms with Crippen molar-refractivity contribution >= 4 is 0 Å². The summed E-state index contributed by atoms with van der Waals surface area (Å²) >= 11 is 0. The van der Waals surface area contributed by atoms with Crippen LogP contribution in [-0.2, 0) is 5.41 Å². The second-order valence-corrected chi connectivity index (χ2v) is 4.23. The zero-order valence-electron chi connectivity index (χ0n) is 9.71. The largest absolute Gasteiger partial charge is 0.481 e. The minimum atomic E-state index is 0.130. The zero-order chi connectivity index (χ0) is 11.3. The number of ether oxygens (including phenoxy) is 1. The van der Waals surface area contributed by atoms with Crippen LogP contribution >= 0.6 is 0 Å². The standard InChI is InChI=1S/C14H18O/c1-5-11-15-13-10-8-7-9-12(13)14(3,4)6-2/h1,7-10H,6,11H2,2-4H3. The summed E-state index contributed by atoms with van der Waals surface area (Å²) in [4.78, 5) is 0. The minimum absolute atomic E-state index is 0.130. The molecule has 0 heterocycles. The van der Waals surface area contributed by atoms with Crippen molar-refractivity contribution in [2.75, 3.05) is 6.61 Å². The molecular weight excluding hydrogens is 184 g/mol. The number of terminal acetylenes is 1. The Labute approximate surface area is 92.5 Å². The predicted molar refractivity (Wildman–Crippen MR) is 64.1 cm³/mol. The lowest BCUT2D eigenvalue weighted by Gasteiger charge is -2.25. The van der Waals surface area contributed by atoms with Gasteiger partial charge in [0.25, 0.3) is 0 Å². The highest BCUT2D eigenvalue weighted by molar-refractivity contribution is 5.38. The van der Waals surface area contributed by atoms with E-state index in [0.717, 1.165) is 12.2 Å². The first-order valence-electron chi connectivity index (χ1n) is 5.27. The van der Waals surface area contributed by atoms with E-state index in [9.17, 15) is 0 Å². The number of para-hydroxylation sites is 1. The molecule has 0 fully saturated rings. The summed E-state index contributed by atoms with van der Waals surface area (Å²) in [6, 6.07) is 8.09. The molecule has 0 aliphatic carbocycles. The summed E-state index contributed by atoms with van der Waals surface area (Å²) in [5, 5.41) is 0. The third-order valence-corrected chi connectivity index (χ3v) is 2.81. The topological polar surface area (TPSA) is 9.23 Å². The fraction of sp³-hybridized carbons (Fsp3) is 0.429. The van der Waals surface area contributed by atoms with Crippen LogP contribution in [0.2, 0.25) is 0 Å². The van der Waals surface area contributed by atoms with Crippen molar-refractivity contribution in [3.63, 3.8) is 0 Å². The van der Waals surface area contributed by atoms with Crippen LogP contribution in [0, 0.1) is 12.3 Å². The van der Waals surface area contributed by atoms with Crippen LogP contribution < -0.4 is 4.74 Å². The Kier molecular flexibility index (Phi) is 3.80. The monoisotopic (exact) mass is 202 g/mol. The minimum Gasteiger partial charge on any atom is -0.481 e. The molecule has 0 radical (unpaired) electrons. The van der Waals surface area contributed by atoms with E-state index in [0.29, 0.717) is 6.61 Å². The second-order valence-electron chi connectivity index (χ2n) is 4.23. The van der Waals surface area contributed by atoms with E-state index in [-0.39, 0.29) is 5.41 Å². The Morgan fingerprint density at radius 1 is 1.33 bits per heavy atom. The molecule has 0 N–H and O–H groups in total. The van der Waals surface area contributed by atoms with Gasteiger partial charge in [0.15, 0.2) is 0 Å². The van der Waals surface area contributed by atoms with Crippen molar-refractivity contribution < 1.29 is 4.74 Å². The molecule has 0 atom stereocenters. The molecule has 80 valence electrons. The van der Waals surface area contributed by atoms with Crippen LogP contribution in [-0.4, -0.2) is 6.61 Å². The van der Waals surface area contributed by atoms with Gasteiger partial charge in [-0.1, -0.05) is 44.9 Å². The molecule has 0 saturated heterocycles. The van der Waals surface area contributed by atoms with E-state index in [2.05, 4.69) is 32.8 Å². The van der Waals surface area contributed by atoms with Gasteiger partial charge in [-0.25, -0.2) is 0 Å². The maximum atomic E-state index is 5.54. The number of rotatable bonds is 4. The van der Waals surface area contributed by atoms with Crippen molar-refractivity contribution in [3.8, 4) is 18.1 Å². The van der Waals surface area contributed by atoms with Crippen LogP contribution in [0.25, 0.3) is 0 Å². The summed E-state index contributed by atoms with van der Waals surface area (Å²) in [7, 11) is 0. The maximum Gasteiger partial charge on any atom is 0.148 e. The maximum absolute atomic E-state index is 5.54. The first-order chi connectivity index (χ1) is 7.11. The Balaban J connectivity index is 3.02. The van der Waals surface area contributed by atoms with Gasteiger partial charge >= 0.3 is 0 Å².